The molecule has 1 N–H and O–H groups in total. The Balaban J connectivity index is 1.92. The molecule has 0 aliphatic heterocycles. The Morgan fingerprint density at radius 3 is 2.19 bits per heavy atom. The van der Waals surface area contributed by atoms with Crippen molar-refractivity contribution < 1.29 is 19.6 Å². The van der Waals surface area contributed by atoms with E-state index in [-0.39, 0.29) is 31.0 Å². The Bertz CT molecular complexity index is 1090. The molecule has 3 rings (SSSR count). The number of hydrogen-bond donors (Lipinski definition) is 1. The van der Waals surface area contributed by atoms with E-state index in [9.17, 15) is 24.8 Å². The Labute approximate surface area is 179 Å². The largest absolute Gasteiger partial charge is 0.478 e. The summed E-state index contributed by atoms with van der Waals surface area (Å²) in [4.78, 5) is 35.8. The molecule has 31 heavy (non-hydrogen) atoms. The number of nitrogens with zero attached hydrogens (tertiary/aromatic N) is 2. The summed E-state index contributed by atoms with van der Waals surface area (Å²) in [5.74, 6) is -1.41. The molecule has 7 nitrogen and oxygen atoms in total. The van der Waals surface area contributed by atoms with Crippen molar-refractivity contribution in [2.45, 2.75) is 19.9 Å². The van der Waals surface area contributed by atoms with Crippen LogP contribution in [0.3, 0.4) is 0 Å². The average Bonchev–Trinajstić information content (AvgIpc) is 2.76. The number of hydrogen-bond acceptors (Lipinski definition) is 4. The van der Waals surface area contributed by atoms with Gasteiger partial charge in [-0.2, -0.15) is 0 Å². The summed E-state index contributed by atoms with van der Waals surface area (Å²) in [5, 5.41) is 20.2. The monoisotopic (exact) mass is 418 g/mol. The van der Waals surface area contributed by atoms with E-state index in [1.807, 2.05) is 54.6 Å². The van der Waals surface area contributed by atoms with Crippen molar-refractivity contribution in [3.05, 3.63) is 99.6 Å². The van der Waals surface area contributed by atoms with Crippen molar-refractivity contribution in [1.82, 2.24) is 0 Å². The van der Waals surface area contributed by atoms with Crippen LogP contribution in [0.4, 0.5) is 5.69 Å². The number of anilines is 1. The van der Waals surface area contributed by atoms with Crippen molar-refractivity contribution in [1.29, 1.82) is 0 Å². The minimum absolute atomic E-state index is 0.0190. The van der Waals surface area contributed by atoms with Gasteiger partial charge < -0.3 is 10.0 Å². The molecule has 0 saturated carbocycles. The van der Waals surface area contributed by atoms with Gasteiger partial charge in [0.25, 0.3) is 0 Å². The number of carbonyl (C=O) groups is 2. The number of carbonyl (C=O) groups excluding carboxylic acids is 1. The maximum Gasteiger partial charge on any atom is 0.335 e. The Hall–Kier alpha value is -4.00. The summed E-state index contributed by atoms with van der Waals surface area (Å²) in [6.45, 7) is 1.30. The molecular weight excluding hydrogens is 396 g/mol. The van der Waals surface area contributed by atoms with Gasteiger partial charge in [-0.15, -0.1) is 0 Å². The smallest absolute Gasteiger partial charge is 0.335 e. The summed E-state index contributed by atoms with van der Waals surface area (Å²) in [6, 6.07) is 22.0. The van der Waals surface area contributed by atoms with Gasteiger partial charge in [0.1, 0.15) is 0 Å². The van der Waals surface area contributed by atoms with E-state index in [4.69, 9.17) is 0 Å². The van der Waals surface area contributed by atoms with Crippen LogP contribution in [0.25, 0.3) is 11.1 Å². The van der Waals surface area contributed by atoms with E-state index in [1.54, 1.807) is 0 Å². The number of amides is 1. The molecular formula is C24H22N2O5. The molecule has 0 aliphatic rings. The maximum absolute atomic E-state index is 12.5. The van der Waals surface area contributed by atoms with Crippen LogP contribution in [0.5, 0.6) is 0 Å². The molecule has 3 aromatic carbocycles. The third-order valence-corrected chi connectivity index (χ3v) is 4.97. The van der Waals surface area contributed by atoms with Crippen LogP contribution < -0.4 is 4.90 Å². The lowest BCUT2D eigenvalue weighted by Gasteiger charge is -2.24. The Morgan fingerprint density at radius 2 is 1.61 bits per heavy atom. The van der Waals surface area contributed by atoms with E-state index in [1.165, 1.54) is 30.0 Å². The van der Waals surface area contributed by atoms with Gasteiger partial charge >= 0.3 is 5.97 Å². The summed E-state index contributed by atoms with van der Waals surface area (Å²) in [6.07, 6.45) is 0.0962. The van der Waals surface area contributed by atoms with E-state index >= 15 is 0 Å². The fourth-order valence-electron chi connectivity index (χ4n) is 3.35. The number of nitro groups is 1. The first kappa shape index (κ1) is 21.7. The average molecular weight is 418 g/mol. The molecule has 158 valence electrons. The summed E-state index contributed by atoms with van der Waals surface area (Å²) >= 11 is 0. The van der Waals surface area contributed by atoms with Crippen LogP contribution in [0.1, 0.15) is 28.4 Å². The van der Waals surface area contributed by atoms with Crippen LogP contribution in [0, 0.1) is 10.1 Å². The third-order valence-electron chi connectivity index (χ3n) is 4.97. The number of benzene rings is 3. The van der Waals surface area contributed by atoms with Crippen molar-refractivity contribution in [3.8, 4) is 11.1 Å². The van der Waals surface area contributed by atoms with Crippen LogP contribution >= 0.6 is 0 Å². The fourth-order valence-corrected chi connectivity index (χ4v) is 3.35. The number of carboxylic acids is 1. The van der Waals surface area contributed by atoms with Gasteiger partial charge in [0.2, 0.25) is 12.5 Å². The van der Waals surface area contributed by atoms with Crippen molar-refractivity contribution in [2.75, 3.05) is 11.4 Å². The summed E-state index contributed by atoms with van der Waals surface area (Å²) < 4.78 is 0. The van der Waals surface area contributed by atoms with E-state index in [0.29, 0.717) is 11.3 Å². The lowest BCUT2D eigenvalue weighted by molar-refractivity contribution is -0.479. The molecule has 1 amide bonds. The first-order valence-electron chi connectivity index (χ1n) is 9.75. The van der Waals surface area contributed by atoms with Crippen LogP contribution in [0.2, 0.25) is 0 Å². The molecule has 0 spiro atoms. The normalized spacial score (nSPS) is 10.5. The minimum atomic E-state index is -1.13. The lowest BCUT2D eigenvalue weighted by atomic mass is 10.0. The van der Waals surface area contributed by atoms with Gasteiger partial charge in [-0.05, 0) is 34.4 Å². The van der Waals surface area contributed by atoms with Gasteiger partial charge in [0.15, 0.2) is 0 Å². The molecule has 0 unspecified atom stereocenters. The van der Waals surface area contributed by atoms with Crippen molar-refractivity contribution in [2.24, 2.45) is 0 Å². The number of aromatic carboxylic acids is 1. The zero-order valence-electron chi connectivity index (χ0n) is 17.0. The molecule has 0 aliphatic carbocycles. The first-order chi connectivity index (χ1) is 14.8. The zero-order valence-corrected chi connectivity index (χ0v) is 17.0. The second kappa shape index (κ2) is 9.67. The molecule has 0 aromatic heterocycles. The predicted octanol–water partition coefficient (Wildman–Crippen LogP) is 4.42. The highest BCUT2D eigenvalue weighted by Crippen LogP contribution is 2.27. The molecule has 0 atom stereocenters. The van der Waals surface area contributed by atoms with Gasteiger partial charge in [0, 0.05) is 24.0 Å². The van der Waals surface area contributed by atoms with Crippen LogP contribution in [0.15, 0.2) is 72.8 Å². The SMILES string of the molecule is CC(=O)N(Cc1ccc(-c2ccccc2)cc1)c1cc(C(=O)O)ccc1CC[N+](=O)[O-]. The molecule has 0 fully saturated rings. The second-order valence-corrected chi connectivity index (χ2v) is 7.12. The molecule has 0 bridgehead atoms. The minimum Gasteiger partial charge on any atom is -0.478 e. The number of rotatable bonds is 8. The van der Waals surface area contributed by atoms with Crippen LogP contribution in [-0.2, 0) is 17.8 Å². The quantitative estimate of drug-likeness (QED) is 0.431. The summed E-state index contributed by atoms with van der Waals surface area (Å²) in [7, 11) is 0. The van der Waals surface area contributed by atoms with Gasteiger partial charge in [-0.3, -0.25) is 14.9 Å². The van der Waals surface area contributed by atoms with Gasteiger partial charge in [0.05, 0.1) is 12.1 Å². The molecule has 0 radical (unpaired) electrons. The van der Waals surface area contributed by atoms with E-state index in [2.05, 4.69) is 0 Å². The molecule has 0 saturated heterocycles. The highest BCUT2D eigenvalue weighted by Gasteiger charge is 2.19. The van der Waals surface area contributed by atoms with Gasteiger partial charge in [-0.25, -0.2) is 4.79 Å². The highest BCUT2D eigenvalue weighted by atomic mass is 16.6. The van der Waals surface area contributed by atoms with E-state index in [0.717, 1.165) is 16.7 Å². The zero-order chi connectivity index (χ0) is 22.4. The van der Waals surface area contributed by atoms with Crippen molar-refractivity contribution >= 4 is 17.6 Å². The Morgan fingerprint density at radius 1 is 0.968 bits per heavy atom. The molecule has 7 heteroatoms. The van der Waals surface area contributed by atoms with E-state index < -0.39 is 10.9 Å². The number of carboxylic acid groups (broad SMARTS) is 1. The lowest BCUT2D eigenvalue weighted by Crippen LogP contribution is -2.29. The first-order valence-corrected chi connectivity index (χ1v) is 9.75. The maximum atomic E-state index is 12.5. The third kappa shape index (κ3) is 5.54. The summed E-state index contributed by atoms with van der Waals surface area (Å²) in [5.41, 5.74) is 3.92. The standard InChI is InChI=1S/C24H22N2O5/c1-17(27)25(16-18-7-9-20(10-8-18)19-5-3-2-4-6-19)23-15-22(24(28)29)12-11-21(23)13-14-26(30)31/h2-12,15H,13-14,16H2,1H3,(H,28,29). The second-order valence-electron chi connectivity index (χ2n) is 7.12. The fraction of sp³-hybridized carbons (Fsp3) is 0.167. The van der Waals surface area contributed by atoms with Gasteiger partial charge in [-0.1, -0.05) is 60.7 Å². The van der Waals surface area contributed by atoms with Crippen LogP contribution in [-0.4, -0.2) is 28.5 Å². The topological polar surface area (TPSA) is 101 Å². The highest BCUT2D eigenvalue weighted by molar-refractivity contribution is 5.95. The molecule has 3 aromatic rings. The predicted molar refractivity (Wildman–Crippen MR) is 118 cm³/mol. The Kier molecular flexibility index (Phi) is 6.77. The van der Waals surface area contributed by atoms with Crippen molar-refractivity contribution in [3.63, 3.8) is 0 Å². The molecule has 0 heterocycles.